The van der Waals surface area contributed by atoms with Crippen LogP contribution in [-0.2, 0) is 9.59 Å². The number of thioether (sulfide) groups is 1. The van der Waals surface area contributed by atoms with Crippen LogP contribution in [0.1, 0.15) is 72.1 Å². The maximum atomic E-state index is 13.4. The largest absolute Gasteiger partial charge is 0.393 e. The van der Waals surface area contributed by atoms with Gasteiger partial charge in [-0.05, 0) is 68.1 Å². The van der Waals surface area contributed by atoms with Gasteiger partial charge in [0.2, 0.25) is 5.91 Å². The smallest absolute Gasteiger partial charge is 0.216 e. The van der Waals surface area contributed by atoms with Crippen LogP contribution in [0, 0.1) is 34.0 Å². The lowest BCUT2D eigenvalue weighted by molar-refractivity contribution is -0.217. The summed E-state index contributed by atoms with van der Waals surface area (Å²) in [6.45, 7) is 11.0. The third-order valence-electron chi connectivity index (χ3n) is 9.38. The summed E-state index contributed by atoms with van der Waals surface area (Å²) in [5.74, 6) is 1.92. The van der Waals surface area contributed by atoms with E-state index in [1.54, 1.807) is 0 Å². The predicted octanol–water partition coefficient (Wildman–Crippen LogP) is 4.32. The van der Waals surface area contributed by atoms with Crippen LogP contribution in [0.4, 0.5) is 0 Å². The van der Waals surface area contributed by atoms with Gasteiger partial charge in [-0.25, -0.2) is 0 Å². The van der Waals surface area contributed by atoms with Gasteiger partial charge >= 0.3 is 0 Å². The van der Waals surface area contributed by atoms with E-state index >= 15 is 0 Å². The summed E-state index contributed by atoms with van der Waals surface area (Å²) >= 11 is 1.37. The molecule has 5 fully saturated rings. The molecule has 29 heavy (non-hydrogen) atoms. The number of nitrogens with one attached hydrogen (secondary N) is 1. The monoisotopic (exact) mass is 419 g/mol. The third kappa shape index (κ3) is 3.22. The Kier molecular flexibility index (Phi) is 5.47. The number of hydrogen-bond donors (Lipinski definition) is 2. The third-order valence-corrected chi connectivity index (χ3v) is 10.5. The van der Waals surface area contributed by atoms with Gasteiger partial charge < -0.3 is 10.4 Å². The number of allylic oxidation sites excluding steroid dienone is 1. The highest BCUT2D eigenvalue weighted by Gasteiger charge is 2.67. The molecule has 0 aromatic rings. The summed E-state index contributed by atoms with van der Waals surface area (Å²) in [6.07, 6.45) is 8.07. The number of amides is 1. The van der Waals surface area contributed by atoms with Gasteiger partial charge in [-0.15, -0.1) is 0 Å². The highest BCUT2D eigenvalue weighted by Crippen LogP contribution is 2.72. The summed E-state index contributed by atoms with van der Waals surface area (Å²) in [5, 5.41) is 14.5. The zero-order valence-electron chi connectivity index (χ0n) is 18.3. The van der Waals surface area contributed by atoms with E-state index in [1.165, 1.54) is 37.1 Å². The molecule has 162 valence electrons. The standard InChI is InChI=1S/C24H37NO3S/c1-15-14-24-9-6-17(15)12-19(24)22(3)7-5-8-23(4,18(22)13-20(24)27)21(28)29-11-10-25-16(2)26/h17-20,27H,1,5-14H2,2-4H3,(H,25,26)/t17-,18-,19-,20+,22+,23+,24+/m0/s1. The summed E-state index contributed by atoms with van der Waals surface area (Å²) in [6, 6.07) is 0. The van der Waals surface area contributed by atoms with E-state index in [-0.39, 0.29) is 39.3 Å². The minimum Gasteiger partial charge on any atom is -0.393 e. The molecule has 2 bridgehead atoms. The highest BCUT2D eigenvalue weighted by molar-refractivity contribution is 8.13. The van der Waals surface area contributed by atoms with E-state index < -0.39 is 0 Å². The molecular weight excluding hydrogens is 382 g/mol. The van der Waals surface area contributed by atoms with Crippen LogP contribution < -0.4 is 5.32 Å². The molecule has 2 N–H and O–H groups in total. The lowest BCUT2D eigenvalue weighted by Gasteiger charge is -2.69. The van der Waals surface area contributed by atoms with Crippen LogP contribution >= 0.6 is 11.8 Å². The Morgan fingerprint density at radius 2 is 1.97 bits per heavy atom. The molecule has 5 saturated carbocycles. The average molecular weight is 420 g/mol. The molecular formula is C24H37NO3S. The Bertz CT molecular complexity index is 723. The number of rotatable bonds is 4. The molecule has 0 heterocycles. The topological polar surface area (TPSA) is 66.4 Å². The van der Waals surface area contributed by atoms with Crippen LogP contribution in [-0.4, -0.2) is 34.5 Å². The number of fused-ring (bicyclic) bond motifs is 3. The Morgan fingerprint density at radius 1 is 1.21 bits per heavy atom. The first-order valence-corrected chi connectivity index (χ1v) is 12.4. The number of aliphatic hydroxyl groups is 1. The van der Waals surface area contributed by atoms with E-state index in [0.717, 1.165) is 38.5 Å². The summed E-state index contributed by atoms with van der Waals surface area (Å²) in [5.41, 5.74) is 1.09. The first-order chi connectivity index (χ1) is 13.6. The SMILES string of the molecule is C=C1C[C@]23CC[C@H]1C[C@H]2[C@]1(C)CCC[C@@](C)(C(=O)SCCNC(C)=O)[C@H]1C[C@H]3O. The van der Waals surface area contributed by atoms with Crippen molar-refractivity contribution in [2.45, 2.75) is 78.2 Å². The van der Waals surface area contributed by atoms with Gasteiger partial charge in [0.1, 0.15) is 0 Å². The number of carbonyl (C=O) groups excluding carboxylic acids is 2. The number of aliphatic hydroxyl groups excluding tert-OH is 1. The molecule has 7 atom stereocenters. The Labute approximate surface area is 179 Å². The fraction of sp³-hybridized carbons (Fsp3) is 0.833. The lowest BCUT2D eigenvalue weighted by atomic mass is 9.36. The van der Waals surface area contributed by atoms with Crippen molar-refractivity contribution in [1.29, 1.82) is 0 Å². The van der Waals surface area contributed by atoms with Gasteiger partial charge in [-0.1, -0.05) is 44.2 Å². The van der Waals surface area contributed by atoms with E-state index in [0.29, 0.717) is 24.1 Å². The van der Waals surface area contributed by atoms with Crippen LogP contribution in [0.15, 0.2) is 12.2 Å². The molecule has 4 nitrogen and oxygen atoms in total. The van der Waals surface area contributed by atoms with Gasteiger partial charge in [0, 0.05) is 30.1 Å². The summed E-state index contributed by atoms with van der Waals surface area (Å²) < 4.78 is 0. The first-order valence-electron chi connectivity index (χ1n) is 11.4. The quantitative estimate of drug-likeness (QED) is 0.526. The van der Waals surface area contributed by atoms with Crippen LogP contribution in [0.5, 0.6) is 0 Å². The number of carbonyl (C=O) groups is 2. The molecule has 5 aliphatic rings. The lowest BCUT2D eigenvalue weighted by Crippen LogP contribution is -2.65. The molecule has 0 aliphatic heterocycles. The fourth-order valence-electron chi connectivity index (χ4n) is 7.94. The Morgan fingerprint density at radius 3 is 2.66 bits per heavy atom. The maximum absolute atomic E-state index is 13.4. The van der Waals surface area contributed by atoms with E-state index in [9.17, 15) is 14.7 Å². The van der Waals surface area contributed by atoms with Gasteiger partial charge in [0.25, 0.3) is 0 Å². The van der Waals surface area contributed by atoms with Crippen LogP contribution in [0.2, 0.25) is 0 Å². The van der Waals surface area contributed by atoms with Crippen molar-refractivity contribution in [3.05, 3.63) is 12.2 Å². The van der Waals surface area contributed by atoms with Gasteiger partial charge in [0.05, 0.1) is 6.10 Å². The second-order valence-corrected chi connectivity index (χ2v) is 11.9. The van der Waals surface area contributed by atoms with Crippen molar-refractivity contribution in [3.63, 3.8) is 0 Å². The molecule has 1 spiro atoms. The van der Waals surface area contributed by atoms with Gasteiger partial charge in [0.15, 0.2) is 5.12 Å². The van der Waals surface area contributed by atoms with E-state index in [4.69, 9.17) is 0 Å². The minimum atomic E-state index is -0.385. The van der Waals surface area contributed by atoms with Gasteiger partial charge in [-0.2, -0.15) is 0 Å². The highest BCUT2D eigenvalue weighted by atomic mass is 32.2. The van der Waals surface area contributed by atoms with Crippen LogP contribution in [0.25, 0.3) is 0 Å². The molecule has 0 radical (unpaired) electrons. The van der Waals surface area contributed by atoms with Gasteiger partial charge in [-0.3, -0.25) is 9.59 Å². The van der Waals surface area contributed by atoms with Crippen molar-refractivity contribution in [1.82, 2.24) is 5.32 Å². The molecule has 5 aliphatic carbocycles. The Balaban J connectivity index is 1.57. The van der Waals surface area contributed by atoms with Crippen molar-refractivity contribution in [2.75, 3.05) is 12.3 Å². The zero-order chi connectivity index (χ0) is 21.0. The number of hydrogen-bond acceptors (Lipinski definition) is 4. The molecule has 0 aromatic carbocycles. The Hall–Kier alpha value is -0.810. The van der Waals surface area contributed by atoms with Crippen molar-refractivity contribution >= 4 is 22.8 Å². The summed E-state index contributed by atoms with van der Waals surface area (Å²) in [7, 11) is 0. The molecule has 0 aromatic heterocycles. The second-order valence-electron chi connectivity index (χ2n) is 10.8. The minimum absolute atomic E-state index is 0.00304. The first kappa shape index (κ1) is 21.4. The molecule has 5 rings (SSSR count). The normalized spacial score (nSPS) is 46.0. The molecule has 0 saturated heterocycles. The zero-order valence-corrected chi connectivity index (χ0v) is 19.1. The maximum Gasteiger partial charge on any atom is 0.216 e. The van der Waals surface area contributed by atoms with E-state index in [2.05, 4.69) is 25.7 Å². The van der Waals surface area contributed by atoms with Crippen molar-refractivity contribution in [2.24, 2.45) is 34.0 Å². The van der Waals surface area contributed by atoms with Crippen LogP contribution in [0.3, 0.4) is 0 Å². The summed E-state index contributed by atoms with van der Waals surface area (Å²) in [4.78, 5) is 24.5. The van der Waals surface area contributed by atoms with E-state index in [1.807, 2.05) is 0 Å². The van der Waals surface area contributed by atoms with Crippen molar-refractivity contribution in [3.8, 4) is 0 Å². The second kappa shape index (κ2) is 7.40. The molecule has 0 unspecified atom stereocenters. The predicted molar refractivity (Wildman–Crippen MR) is 117 cm³/mol. The average Bonchev–Trinajstić information content (AvgIpc) is 2.67. The fourth-order valence-corrected chi connectivity index (χ4v) is 8.91. The molecule has 1 amide bonds. The molecule has 5 heteroatoms. The van der Waals surface area contributed by atoms with Crippen molar-refractivity contribution < 1.29 is 14.7 Å².